The van der Waals surface area contributed by atoms with Crippen LogP contribution in [0, 0.1) is 5.92 Å². The van der Waals surface area contributed by atoms with Gasteiger partial charge >= 0.3 is 0 Å². The standard InChI is InChI=1S/C17H24BrN/c1-3-5-13(6-4-2)7-8-14-12-19-17-10-9-15(18)11-16(14)17/h9-13,19H,3-8H2,1-2H3. The molecule has 1 aromatic carbocycles. The summed E-state index contributed by atoms with van der Waals surface area (Å²) in [6, 6.07) is 6.48. The van der Waals surface area contributed by atoms with E-state index >= 15 is 0 Å². The van der Waals surface area contributed by atoms with Crippen molar-refractivity contribution >= 4 is 26.8 Å². The van der Waals surface area contributed by atoms with Gasteiger partial charge in [0.1, 0.15) is 0 Å². The largest absolute Gasteiger partial charge is 0.361 e. The minimum Gasteiger partial charge on any atom is -0.361 e. The van der Waals surface area contributed by atoms with Crippen molar-refractivity contribution in [3.8, 4) is 0 Å². The van der Waals surface area contributed by atoms with Crippen LogP contribution < -0.4 is 0 Å². The van der Waals surface area contributed by atoms with E-state index in [0.717, 1.165) is 5.92 Å². The summed E-state index contributed by atoms with van der Waals surface area (Å²) < 4.78 is 1.17. The molecule has 0 spiro atoms. The number of nitrogens with one attached hydrogen (secondary N) is 1. The summed E-state index contributed by atoms with van der Waals surface area (Å²) in [7, 11) is 0. The third-order valence-corrected chi connectivity index (χ3v) is 4.44. The average molecular weight is 322 g/mol. The Bertz CT molecular complexity index is 509. The summed E-state index contributed by atoms with van der Waals surface area (Å²) in [4.78, 5) is 3.38. The van der Waals surface area contributed by atoms with Gasteiger partial charge in [0.15, 0.2) is 0 Å². The lowest BCUT2D eigenvalue weighted by molar-refractivity contribution is 0.412. The maximum Gasteiger partial charge on any atom is 0.0457 e. The molecule has 0 radical (unpaired) electrons. The number of benzene rings is 1. The highest BCUT2D eigenvalue weighted by atomic mass is 79.9. The van der Waals surface area contributed by atoms with E-state index in [9.17, 15) is 0 Å². The van der Waals surface area contributed by atoms with Gasteiger partial charge in [-0.25, -0.2) is 0 Å². The first-order valence-electron chi connectivity index (χ1n) is 7.50. The fourth-order valence-corrected chi connectivity index (χ4v) is 3.33. The van der Waals surface area contributed by atoms with Crippen LogP contribution in [-0.4, -0.2) is 4.98 Å². The van der Waals surface area contributed by atoms with Crippen LogP contribution in [0.2, 0.25) is 0 Å². The van der Waals surface area contributed by atoms with Crippen molar-refractivity contribution in [2.45, 2.75) is 52.4 Å². The molecule has 1 nitrogen and oxygen atoms in total. The zero-order valence-electron chi connectivity index (χ0n) is 12.0. The van der Waals surface area contributed by atoms with E-state index in [1.165, 1.54) is 59.5 Å². The van der Waals surface area contributed by atoms with Gasteiger partial charge in [-0.2, -0.15) is 0 Å². The molecule has 104 valence electrons. The Hall–Kier alpha value is -0.760. The van der Waals surface area contributed by atoms with E-state index in [-0.39, 0.29) is 0 Å². The Kier molecular flexibility index (Phi) is 5.50. The molecule has 19 heavy (non-hydrogen) atoms. The highest BCUT2D eigenvalue weighted by Crippen LogP contribution is 2.26. The molecule has 0 aliphatic carbocycles. The second-order valence-electron chi connectivity index (χ2n) is 5.49. The van der Waals surface area contributed by atoms with Crippen molar-refractivity contribution in [2.75, 3.05) is 0 Å². The van der Waals surface area contributed by atoms with Crippen molar-refractivity contribution in [1.82, 2.24) is 4.98 Å². The fraction of sp³-hybridized carbons (Fsp3) is 0.529. The Labute approximate surface area is 124 Å². The molecule has 0 saturated carbocycles. The maximum absolute atomic E-state index is 3.57. The van der Waals surface area contributed by atoms with Gasteiger partial charge in [-0.1, -0.05) is 55.5 Å². The third-order valence-electron chi connectivity index (χ3n) is 3.95. The average Bonchev–Trinajstić information content (AvgIpc) is 2.79. The summed E-state index contributed by atoms with van der Waals surface area (Å²) in [5.41, 5.74) is 2.72. The molecule has 1 N–H and O–H groups in total. The van der Waals surface area contributed by atoms with E-state index < -0.39 is 0 Å². The number of fused-ring (bicyclic) bond motifs is 1. The molecule has 0 aliphatic heterocycles. The van der Waals surface area contributed by atoms with Crippen LogP contribution in [0.5, 0.6) is 0 Å². The summed E-state index contributed by atoms with van der Waals surface area (Å²) in [5, 5.41) is 1.38. The molecule has 0 saturated heterocycles. The lowest BCUT2D eigenvalue weighted by Gasteiger charge is -2.14. The maximum atomic E-state index is 3.57. The number of H-pyrrole nitrogens is 1. The third kappa shape index (κ3) is 3.85. The normalized spacial score (nSPS) is 11.6. The highest BCUT2D eigenvalue weighted by molar-refractivity contribution is 9.10. The van der Waals surface area contributed by atoms with E-state index in [4.69, 9.17) is 0 Å². The summed E-state index contributed by atoms with van der Waals surface area (Å²) in [5.74, 6) is 0.895. The summed E-state index contributed by atoms with van der Waals surface area (Å²) in [6.07, 6.45) is 10.1. The number of aromatic nitrogens is 1. The second kappa shape index (κ2) is 7.14. The van der Waals surface area contributed by atoms with Gasteiger partial charge in [0.25, 0.3) is 0 Å². The molecule has 2 rings (SSSR count). The van der Waals surface area contributed by atoms with Gasteiger partial charge < -0.3 is 4.98 Å². The Balaban J connectivity index is 2.06. The smallest absolute Gasteiger partial charge is 0.0457 e. The van der Waals surface area contributed by atoms with Gasteiger partial charge in [-0.15, -0.1) is 0 Å². The van der Waals surface area contributed by atoms with Crippen molar-refractivity contribution in [2.24, 2.45) is 5.92 Å². The molecule has 0 bridgehead atoms. The molecule has 0 aliphatic rings. The van der Waals surface area contributed by atoms with E-state index in [1.807, 2.05) is 0 Å². The molecular weight excluding hydrogens is 298 g/mol. The molecule has 2 heteroatoms. The van der Waals surface area contributed by atoms with Gasteiger partial charge in [0.2, 0.25) is 0 Å². The number of hydrogen-bond acceptors (Lipinski definition) is 0. The van der Waals surface area contributed by atoms with Crippen molar-refractivity contribution in [3.63, 3.8) is 0 Å². The Morgan fingerprint density at radius 3 is 2.53 bits per heavy atom. The number of halogens is 1. The zero-order chi connectivity index (χ0) is 13.7. The van der Waals surface area contributed by atoms with Crippen LogP contribution in [0.15, 0.2) is 28.9 Å². The first-order valence-corrected chi connectivity index (χ1v) is 8.29. The van der Waals surface area contributed by atoms with Crippen molar-refractivity contribution < 1.29 is 0 Å². The lowest BCUT2D eigenvalue weighted by Crippen LogP contribution is -2.01. The predicted molar refractivity (Wildman–Crippen MR) is 87.6 cm³/mol. The quantitative estimate of drug-likeness (QED) is 0.636. The van der Waals surface area contributed by atoms with Crippen molar-refractivity contribution in [1.29, 1.82) is 0 Å². The number of aryl methyl sites for hydroxylation is 1. The molecule has 0 unspecified atom stereocenters. The number of aromatic amines is 1. The molecular formula is C17H24BrN. The topological polar surface area (TPSA) is 15.8 Å². The minimum absolute atomic E-state index is 0.895. The first-order chi connectivity index (χ1) is 9.24. The fourth-order valence-electron chi connectivity index (χ4n) is 2.97. The first kappa shape index (κ1) is 14.6. The molecule has 2 aromatic rings. The van der Waals surface area contributed by atoms with E-state index in [0.29, 0.717) is 0 Å². The minimum atomic E-state index is 0.895. The number of hydrogen-bond donors (Lipinski definition) is 1. The highest BCUT2D eigenvalue weighted by Gasteiger charge is 2.09. The van der Waals surface area contributed by atoms with E-state index in [2.05, 4.69) is 59.2 Å². The number of rotatable bonds is 7. The molecule has 0 fully saturated rings. The lowest BCUT2D eigenvalue weighted by atomic mass is 9.91. The molecule has 0 amide bonds. The van der Waals surface area contributed by atoms with Crippen LogP contribution in [-0.2, 0) is 6.42 Å². The Morgan fingerprint density at radius 2 is 1.84 bits per heavy atom. The second-order valence-corrected chi connectivity index (χ2v) is 6.40. The van der Waals surface area contributed by atoms with Gasteiger partial charge in [0.05, 0.1) is 0 Å². The van der Waals surface area contributed by atoms with Gasteiger partial charge in [-0.05, 0) is 42.5 Å². The molecule has 1 heterocycles. The molecule has 1 aromatic heterocycles. The van der Waals surface area contributed by atoms with Crippen LogP contribution in [0.4, 0.5) is 0 Å². The Morgan fingerprint density at radius 1 is 1.11 bits per heavy atom. The van der Waals surface area contributed by atoms with Gasteiger partial charge in [-0.3, -0.25) is 0 Å². The SMILES string of the molecule is CCCC(CCC)CCc1c[nH]c2ccc(Br)cc12. The van der Waals surface area contributed by atoms with Crippen molar-refractivity contribution in [3.05, 3.63) is 34.4 Å². The predicted octanol–water partition coefficient (Wildman–Crippen LogP) is 6.08. The monoisotopic (exact) mass is 321 g/mol. The van der Waals surface area contributed by atoms with E-state index in [1.54, 1.807) is 0 Å². The molecule has 0 atom stereocenters. The zero-order valence-corrected chi connectivity index (χ0v) is 13.6. The van der Waals surface area contributed by atoms with Crippen LogP contribution in [0.1, 0.15) is 51.5 Å². The summed E-state index contributed by atoms with van der Waals surface area (Å²) >= 11 is 3.57. The van der Waals surface area contributed by atoms with Crippen LogP contribution in [0.25, 0.3) is 10.9 Å². The summed E-state index contributed by atoms with van der Waals surface area (Å²) in [6.45, 7) is 4.59. The van der Waals surface area contributed by atoms with Crippen LogP contribution >= 0.6 is 15.9 Å². The van der Waals surface area contributed by atoms with Crippen LogP contribution in [0.3, 0.4) is 0 Å². The van der Waals surface area contributed by atoms with Gasteiger partial charge in [0, 0.05) is 21.6 Å².